The molecule has 2 nitrogen and oxygen atoms in total. The topological polar surface area (TPSA) is 46.2 Å². The Balaban J connectivity index is 2.64. The maximum atomic E-state index is 9.06. The number of fused-ring (bicyclic) bond motifs is 1. The zero-order valence-electron chi connectivity index (χ0n) is 7.16. The molecular formula is C10H11NOS. The van der Waals surface area contributed by atoms with Crippen LogP contribution in [0.2, 0.25) is 0 Å². The third-order valence-corrected chi connectivity index (χ3v) is 3.14. The standard InChI is InChI=1S/C10H11NOS/c11-4-7-1-2-10-9(3-7)8(5-12)6-13-10/h1-3,6,12H,4-5,11H2. The highest BCUT2D eigenvalue weighted by Gasteiger charge is 2.02. The molecule has 0 spiro atoms. The van der Waals surface area contributed by atoms with Gasteiger partial charge in [-0.05, 0) is 34.0 Å². The van der Waals surface area contributed by atoms with Gasteiger partial charge < -0.3 is 10.8 Å². The van der Waals surface area contributed by atoms with E-state index in [2.05, 4.69) is 12.1 Å². The molecule has 0 saturated heterocycles. The fraction of sp³-hybridized carbons (Fsp3) is 0.200. The third-order valence-electron chi connectivity index (χ3n) is 2.12. The van der Waals surface area contributed by atoms with Gasteiger partial charge in [0, 0.05) is 11.2 Å². The molecule has 3 heteroatoms. The number of thiophene rings is 1. The Labute approximate surface area is 80.6 Å². The van der Waals surface area contributed by atoms with E-state index in [4.69, 9.17) is 10.8 Å². The largest absolute Gasteiger partial charge is 0.392 e. The second kappa shape index (κ2) is 3.46. The van der Waals surface area contributed by atoms with E-state index in [0.29, 0.717) is 6.54 Å². The lowest BCUT2D eigenvalue weighted by molar-refractivity contribution is 0.284. The van der Waals surface area contributed by atoms with Gasteiger partial charge in [-0.25, -0.2) is 0 Å². The van der Waals surface area contributed by atoms with Gasteiger partial charge >= 0.3 is 0 Å². The molecule has 0 aliphatic carbocycles. The number of benzene rings is 1. The van der Waals surface area contributed by atoms with Crippen LogP contribution in [-0.4, -0.2) is 5.11 Å². The molecule has 2 aromatic rings. The monoisotopic (exact) mass is 193 g/mol. The van der Waals surface area contributed by atoms with Crippen molar-refractivity contribution < 1.29 is 5.11 Å². The van der Waals surface area contributed by atoms with Gasteiger partial charge in [-0.2, -0.15) is 0 Å². The van der Waals surface area contributed by atoms with Gasteiger partial charge in [-0.3, -0.25) is 0 Å². The van der Waals surface area contributed by atoms with Gasteiger partial charge in [0.2, 0.25) is 0 Å². The SMILES string of the molecule is NCc1ccc2scc(CO)c2c1. The van der Waals surface area contributed by atoms with Crippen LogP contribution in [-0.2, 0) is 13.2 Å². The lowest BCUT2D eigenvalue weighted by atomic mass is 10.1. The van der Waals surface area contributed by atoms with Crippen molar-refractivity contribution in [1.82, 2.24) is 0 Å². The van der Waals surface area contributed by atoms with E-state index >= 15 is 0 Å². The second-order valence-electron chi connectivity index (χ2n) is 2.95. The first-order chi connectivity index (χ1) is 6.35. The van der Waals surface area contributed by atoms with Crippen molar-refractivity contribution in [3.05, 3.63) is 34.7 Å². The van der Waals surface area contributed by atoms with Crippen LogP contribution < -0.4 is 5.73 Å². The highest BCUT2D eigenvalue weighted by molar-refractivity contribution is 7.17. The van der Waals surface area contributed by atoms with E-state index in [-0.39, 0.29) is 6.61 Å². The van der Waals surface area contributed by atoms with E-state index < -0.39 is 0 Å². The Morgan fingerprint density at radius 3 is 2.92 bits per heavy atom. The van der Waals surface area contributed by atoms with E-state index in [1.807, 2.05) is 11.4 Å². The molecule has 0 amide bonds. The molecule has 2 rings (SSSR count). The Morgan fingerprint density at radius 1 is 1.38 bits per heavy atom. The predicted molar refractivity (Wildman–Crippen MR) is 55.6 cm³/mol. The van der Waals surface area contributed by atoms with Gasteiger partial charge in [-0.15, -0.1) is 11.3 Å². The second-order valence-corrected chi connectivity index (χ2v) is 3.86. The number of hydrogen-bond acceptors (Lipinski definition) is 3. The first kappa shape index (κ1) is 8.69. The molecule has 13 heavy (non-hydrogen) atoms. The maximum absolute atomic E-state index is 9.06. The minimum absolute atomic E-state index is 0.105. The molecule has 0 saturated carbocycles. The highest BCUT2D eigenvalue weighted by Crippen LogP contribution is 2.26. The molecule has 1 aromatic heterocycles. The maximum Gasteiger partial charge on any atom is 0.0696 e. The van der Waals surface area contributed by atoms with Crippen LogP contribution in [0.5, 0.6) is 0 Å². The van der Waals surface area contributed by atoms with Crippen molar-refractivity contribution in [3.63, 3.8) is 0 Å². The van der Waals surface area contributed by atoms with Crippen molar-refractivity contribution in [3.8, 4) is 0 Å². The summed E-state index contributed by atoms with van der Waals surface area (Å²) in [5.74, 6) is 0. The van der Waals surface area contributed by atoms with Crippen LogP contribution in [0.25, 0.3) is 10.1 Å². The summed E-state index contributed by atoms with van der Waals surface area (Å²) in [6.07, 6.45) is 0. The summed E-state index contributed by atoms with van der Waals surface area (Å²) in [6, 6.07) is 6.14. The molecule has 1 heterocycles. The summed E-state index contributed by atoms with van der Waals surface area (Å²) in [5.41, 5.74) is 7.65. The third kappa shape index (κ3) is 1.46. The summed E-state index contributed by atoms with van der Waals surface area (Å²) in [5, 5.41) is 12.2. The van der Waals surface area contributed by atoms with E-state index in [1.165, 1.54) is 4.70 Å². The van der Waals surface area contributed by atoms with Crippen LogP contribution in [0.4, 0.5) is 0 Å². The van der Waals surface area contributed by atoms with E-state index in [1.54, 1.807) is 11.3 Å². The van der Waals surface area contributed by atoms with Gasteiger partial charge in [0.25, 0.3) is 0 Å². The summed E-state index contributed by atoms with van der Waals surface area (Å²) >= 11 is 1.66. The first-order valence-corrected chi connectivity index (χ1v) is 5.03. The Bertz CT molecular complexity index is 422. The minimum atomic E-state index is 0.105. The molecule has 0 radical (unpaired) electrons. The van der Waals surface area contributed by atoms with Crippen molar-refractivity contribution in [2.24, 2.45) is 5.73 Å². The summed E-state index contributed by atoms with van der Waals surface area (Å²) in [6.45, 7) is 0.657. The molecule has 0 fully saturated rings. The summed E-state index contributed by atoms with van der Waals surface area (Å²) in [4.78, 5) is 0. The van der Waals surface area contributed by atoms with Crippen LogP contribution in [0, 0.1) is 0 Å². The molecule has 0 atom stereocenters. The van der Waals surface area contributed by atoms with E-state index in [0.717, 1.165) is 16.5 Å². The average molecular weight is 193 g/mol. The molecule has 1 aromatic carbocycles. The molecule has 3 N–H and O–H groups in total. The van der Waals surface area contributed by atoms with Gasteiger partial charge in [-0.1, -0.05) is 6.07 Å². The lowest BCUT2D eigenvalue weighted by Gasteiger charge is -1.98. The number of aliphatic hydroxyl groups excluding tert-OH is 1. The van der Waals surface area contributed by atoms with Crippen molar-refractivity contribution in [2.75, 3.05) is 0 Å². The van der Waals surface area contributed by atoms with Crippen LogP contribution in [0.15, 0.2) is 23.6 Å². The van der Waals surface area contributed by atoms with Gasteiger partial charge in [0.1, 0.15) is 0 Å². The molecule has 0 aliphatic rings. The summed E-state index contributed by atoms with van der Waals surface area (Å²) in [7, 11) is 0. The van der Waals surface area contributed by atoms with Crippen LogP contribution in [0.3, 0.4) is 0 Å². The fourth-order valence-corrected chi connectivity index (χ4v) is 2.31. The van der Waals surface area contributed by atoms with Crippen molar-refractivity contribution >= 4 is 21.4 Å². The van der Waals surface area contributed by atoms with Gasteiger partial charge in [0.05, 0.1) is 6.61 Å². The minimum Gasteiger partial charge on any atom is -0.392 e. The fourth-order valence-electron chi connectivity index (χ4n) is 1.38. The van der Waals surface area contributed by atoms with Crippen LogP contribution >= 0.6 is 11.3 Å². The molecule has 0 unspecified atom stereocenters. The number of nitrogens with two attached hydrogens (primary N) is 1. The Kier molecular flexibility index (Phi) is 2.31. The molecule has 0 bridgehead atoms. The zero-order chi connectivity index (χ0) is 9.26. The zero-order valence-corrected chi connectivity index (χ0v) is 7.97. The van der Waals surface area contributed by atoms with Crippen molar-refractivity contribution in [1.29, 1.82) is 0 Å². The number of aliphatic hydroxyl groups is 1. The average Bonchev–Trinajstić information content (AvgIpc) is 2.59. The van der Waals surface area contributed by atoms with Gasteiger partial charge in [0.15, 0.2) is 0 Å². The summed E-state index contributed by atoms with van der Waals surface area (Å²) < 4.78 is 1.21. The van der Waals surface area contributed by atoms with E-state index in [9.17, 15) is 0 Å². The van der Waals surface area contributed by atoms with Crippen LogP contribution in [0.1, 0.15) is 11.1 Å². The first-order valence-electron chi connectivity index (χ1n) is 4.15. The Morgan fingerprint density at radius 2 is 2.23 bits per heavy atom. The Hall–Kier alpha value is -0.900. The normalized spacial score (nSPS) is 10.9. The molecule has 0 aliphatic heterocycles. The quantitative estimate of drug-likeness (QED) is 0.764. The number of hydrogen-bond donors (Lipinski definition) is 2. The van der Waals surface area contributed by atoms with Crippen molar-refractivity contribution in [2.45, 2.75) is 13.2 Å². The highest BCUT2D eigenvalue weighted by atomic mass is 32.1. The molecule has 68 valence electrons. The number of rotatable bonds is 2. The predicted octanol–water partition coefficient (Wildman–Crippen LogP) is 1.85. The lowest BCUT2D eigenvalue weighted by Crippen LogP contribution is -1.95. The molecular weight excluding hydrogens is 182 g/mol. The smallest absolute Gasteiger partial charge is 0.0696 e.